The lowest BCUT2D eigenvalue weighted by Gasteiger charge is -2.24. The van der Waals surface area contributed by atoms with Crippen molar-refractivity contribution in [1.29, 1.82) is 0 Å². The van der Waals surface area contributed by atoms with Crippen LogP contribution in [0.15, 0.2) is 24.3 Å². The standard InChI is InChI=1S/C13H17NO2/c1-4-13(2,3)14-12(16)11-8-6-5-7-10(11)9-15/h5-9H,4H2,1-3H3,(H,14,16). The molecule has 0 aliphatic rings. The quantitative estimate of drug-likeness (QED) is 0.790. The number of rotatable bonds is 4. The Kier molecular flexibility index (Phi) is 3.82. The summed E-state index contributed by atoms with van der Waals surface area (Å²) >= 11 is 0. The summed E-state index contributed by atoms with van der Waals surface area (Å²) in [5, 5.41) is 2.90. The maximum atomic E-state index is 11.9. The Hall–Kier alpha value is -1.64. The highest BCUT2D eigenvalue weighted by molar-refractivity contribution is 6.01. The van der Waals surface area contributed by atoms with Crippen LogP contribution in [0.3, 0.4) is 0 Å². The summed E-state index contributed by atoms with van der Waals surface area (Å²) in [5.74, 6) is -0.199. The van der Waals surface area contributed by atoms with Gasteiger partial charge in [-0.15, -0.1) is 0 Å². The fraction of sp³-hybridized carbons (Fsp3) is 0.385. The molecule has 0 aliphatic heterocycles. The molecule has 0 fully saturated rings. The van der Waals surface area contributed by atoms with Gasteiger partial charge in [-0.05, 0) is 26.3 Å². The second kappa shape index (κ2) is 4.92. The van der Waals surface area contributed by atoms with Crippen molar-refractivity contribution in [3.63, 3.8) is 0 Å². The first-order valence-electron chi connectivity index (χ1n) is 5.37. The molecule has 86 valence electrons. The second-order valence-electron chi connectivity index (χ2n) is 4.40. The summed E-state index contributed by atoms with van der Waals surface area (Å²) < 4.78 is 0. The summed E-state index contributed by atoms with van der Waals surface area (Å²) in [6.07, 6.45) is 1.54. The Labute approximate surface area is 95.9 Å². The predicted octanol–water partition coefficient (Wildman–Crippen LogP) is 2.42. The SMILES string of the molecule is CCC(C)(C)NC(=O)c1ccccc1C=O. The van der Waals surface area contributed by atoms with Crippen molar-refractivity contribution in [2.75, 3.05) is 0 Å². The van der Waals surface area contributed by atoms with E-state index in [9.17, 15) is 9.59 Å². The molecule has 1 amide bonds. The van der Waals surface area contributed by atoms with Gasteiger partial charge < -0.3 is 5.32 Å². The molecule has 1 N–H and O–H groups in total. The summed E-state index contributed by atoms with van der Waals surface area (Å²) in [5.41, 5.74) is 0.596. The monoisotopic (exact) mass is 219 g/mol. The molecule has 0 heterocycles. The van der Waals surface area contributed by atoms with E-state index in [2.05, 4.69) is 5.32 Å². The molecular weight excluding hydrogens is 202 g/mol. The zero-order chi connectivity index (χ0) is 12.2. The second-order valence-corrected chi connectivity index (χ2v) is 4.40. The lowest BCUT2D eigenvalue weighted by Crippen LogP contribution is -2.43. The van der Waals surface area contributed by atoms with Gasteiger partial charge in [-0.1, -0.05) is 25.1 Å². The van der Waals surface area contributed by atoms with E-state index in [0.29, 0.717) is 17.4 Å². The molecule has 0 saturated carbocycles. The molecular formula is C13H17NO2. The van der Waals surface area contributed by atoms with Crippen LogP contribution >= 0.6 is 0 Å². The van der Waals surface area contributed by atoms with Gasteiger partial charge in [0, 0.05) is 16.7 Å². The van der Waals surface area contributed by atoms with Gasteiger partial charge in [0.25, 0.3) is 5.91 Å². The Morgan fingerprint density at radius 2 is 2.00 bits per heavy atom. The number of carbonyl (C=O) groups excluding carboxylic acids is 2. The molecule has 0 aliphatic carbocycles. The van der Waals surface area contributed by atoms with Crippen LogP contribution < -0.4 is 5.32 Å². The van der Waals surface area contributed by atoms with Crippen molar-refractivity contribution in [3.05, 3.63) is 35.4 Å². The summed E-state index contributed by atoms with van der Waals surface area (Å²) in [7, 11) is 0. The number of aldehydes is 1. The van der Waals surface area contributed by atoms with E-state index >= 15 is 0 Å². The van der Waals surface area contributed by atoms with Gasteiger partial charge in [0.2, 0.25) is 0 Å². The van der Waals surface area contributed by atoms with Crippen molar-refractivity contribution in [2.45, 2.75) is 32.7 Å². The van der Waals surface area contributed by atoms with Crippen molar-refractivity contribution in [3.8, 4) is 0 Å². The van der Waals surface area contributed by atoms with Gasteiger partial charge >= 0.3 is 0 Å². The van der Waals surface area contributed by atoms with Crippen LogP contribution in [0.2, 0.25) is 0 Å². The number of carbonyl (C=O) groups is 2. The zero-order valence-electron chi connectivity index (χ0n) is 9.91. The van der Waals surface area contributed by atoms with Gasteiger partial charge in [-0.25, -0.2) is 0 Å². The molecule has 1 aromatic rings. The molecule has 1 aromatic carbocycles. The van der Waals surface area contributed by atoms with E-state index in [1.54, 1.807) is 24.3 Å². The van der Waals surface area contributed by atoms with Gasteiger partial charge in [-0.2, -0.15) is 0 Å². The van der Waals surface area contributed by atoms with Crippen LogP contribution in [-0.4, -0.2) is 17.7 Å². The Bertz CT molecular complexity index is 397. The largest absolute Gasteiger partial charge is 0.347 e. The molecule has 0 bridgehead atoms. The third-order valence-corrected chi connectivity index (χ3v) is 2.67. The highest BCUT2D eigenvalue weighted by Crippen LogP contribution is 2.11. The fourth-order valence-corrected chi connectivity index (χ4v) is 1.27. The molecule has 3 nitrogen and oxygen atoms in total. The van der Waals surface area contributed by atoms with Crippen LogP contribution in [-0.2, 0) is 0 Å². The first-order chi connectivity index (χ1) is 7.50. The molecule has 0 atom stereocenters. The van der Waals surface area contributed by atoms with Gasteiger partial charge in [0.15, 0.2) is 6.29 Å². The first kappa shape index (κ1) is 12.4. The van der Waals surface area contributed by atoms with Gasteiger partial charge in [0.05, 0.1) is 0 Å². The van der Waals surface area contributed by atoms with Crippen LogP contribution in [0.25, 0.3) is 0 Å². The molecule has 0 radical (unpaired) electrons. The van der Waals surface area contributed by atoms with Crippen LogP contribution in [0.4, 0.5) is 0 Å². The molecule has 1 rings (SSSR count). The first-order valence-corrected chi connectivity index (χ1v) is 5.37. The third kappa shape index (κ3) is 2.92. The van der Waals surface area contributed by atoms with E-state index < -0.39 is 0 Å². The number of hydrogen-bond acceptors (Lipinski definition) is 2. The zero-order valence-corrected chi connectivity index (χ0v) is 9.91. The summed E-state index contributed by atoms with van der Waals surface area (Å²) in [6.45, 7) is 5.91. The average Bonchev–Trinajstić information content (AvgIpc) is 2.28. The molecule has 0 saturated heterocycles. The number of amides is 1. The summed E-state index contributed by atoms with van der Waals surface area (Å²) in [6, 6.07) is 6.79. The molecule has 0 spiro atoms. The van der Waals surface area contributed by atoms with E-state index in [0.717, 1.165) is 6.42 Å². The topological polar surface area (TPSA) is 46.2 Å². The van der Waals surface area contributed by atoms with Gasteiger partial charge in [-0.3, -0.25) is 9.59 Å². The van der Waals surface area contributed by atoms with Crippen molar-refractivity contribution >= 4 is 12.2 Å². The highest BCUT2D eigenvalue weighted by atomic mass is 16.2. The predicted molar refractivity (Wildman–Crippen MR) is 63.7 cm³/mol. The number of nitrogens with one attached hydrogen (secondary N) is 1. The van der Waals surface area contributed by atoms with Crippen LogP contribution in [0, 0.1) is 0 Å². The van der Waals surface area contributed by atoms with E-state index in [1.807, 2.05) is 20.8 Å². The minimum absolute atomic E-state index is 0.199. The lowest BCUT2D eigenvalue weighted by atomic mass is 10.0. The van der Waals surface area contributed by atoms with Gasteiger partial charge in [0.1, 0.15) is 0 Å². The number of benzene rings is 1. The minimum Gasteiger partial charge on any atom is -0.347 e. The molecule has 3 heteroatoms. The maximum absolute atomic E-state index is 11.9. The average molecular weight is 219 g/mol. The van der Waals surface area contributed by atoms with Crippen molar-refractivity contribution in [2.24, 2.45) is 0 Å². The fourth-order valence-electron chi connectivity index (χ4n) is 1.27. The third-order valence-electron chi connectivity index (χ3n) is 2.67. The minimum atomic E-state index is -0.257. The molecule has 16 heavy (non-hydrogen) atoms. The Balaban J connectivity index is 2.93. The normalized spacial score (nSPS) is 10.9. The van der Waals surface area contributed by atoms with E-state index in [-0.39, 0.29) is 11.4 Å². The van der Waals surface area contributed by atoms with Crippen molar-refractivity contribution < 1.29 is 9.59 Å². The number of hydrogen-bond donors (Lipinski definition) is 1. The van der Waals surface area contributed by atoms with E-state index in [4.69, 9.17) is 0 Å². The molecule has 0 aromatic heterocycles. The maximum Gasteiger partial charge on any atom is 0.252 e. The Morgan fingerprint density at radius 1 is 1.38 bits per heavy atom. The van der Waals surface area contributed by atoms with Crippen LogP contribution in [0.5, 0.6) is 0 Å². The lowest BCUT2D eigenvalue weighted by molar-refractivity contribution is 0.0906. The molecule has 0 unspecified atom stereocenters. The van der Waals surface area contributed by atoms with Crippen LogP contribution in [0.1, 0.15) is 47.9 Å². The van der Waals surface area contributed by atoms with Crippen molar-refractivity contribution in [1.82, 2.24) is 5.32 Å². The smallest absolute Gasteiger partial charge is 0.252 e. The Morgan fingerprint density at radius 3 is 2.56 bits per heavy atom. The summed E-state index contributed by atoms with van der Waals surface area (Å²) in [4.78, 5) is 22.7. The van der Waals surface area contributed by atoms with E-state index in [1.165, 1.54) is 0 Å². The highest BCUT2D eigenvalue weighted by Gasteiger charge is 2.20.